The molecule has 146 valence electrons. The molecule has 0 aliphatic heterocycles. The van der Waals surface area contributed by atoms with E-state index in [0.29, 0.717) is 27.4 Å². The second-order valence-electron chi connectivity index (χ2n) is 6.11. The van der Waals surface area contributed by atoms with Gasteiger partial charge in [-0.2, -0.15) is 0 Å². The van der Waals surface area contributed by atoms with Gasteiger partial charge in [0.15, 0.2) is 0 Å². The van der Waals surface area contributed by atoms with Crippen LogP contribution < -0.4 is 16.4 Å². The lowest BCUT2D eigenvalue weighted by Crippen LogP contribution is -2.45. The van der Waals surface area contributed by atoms with Crippen LogP contribution in [0.4, 0.5) is 0 Å². The van der Waals surface area contributed by atoms with Crippen molar-refractivity contribution < 1.29 is 9.59 Å². The van der Waals surface area contributed by atoms with E-state index in [-0.39, 0.29) is 11.5 Å². The van der Waals surface area contributed by atoms with Crippen LogP contribution in [-0.4, -0.2) is 32.0 Å². The van der Waals surface area contributed by atoms with Crippen LogP contribution in [-0.2, 0) is 10.5 Å². The molecule has 8 nitrogen and oxygen atoms in total. The maximum atomic E-state index is 12.3. The summed E-state index contributed by atoms with van der Waals surface area (Å²) in [4.78, 5) is 49.3. The van der Waals surface area contributed by atoms with Gasteiger partial charge >= 0.3 is 0 Å². The lowest BCUT2D eigenvalue weighted by molar-refractivity contribution is -0.121. The Morgan fingerprint density at radius 1 is 1.32 bits per heavy atom. The van der Waals surface area contributed by atoms with E-state index in [1.807, 2.05) is 13.8 Å². The van der Waals surface area contributed by atoms with Gasteiger partial charge in [-0.3, -0.25) is 30.2 Å². The second-order valence-corrected chi connectivity index (χ2v) is 8.65. The molecule has 0 aromatic carbocycles. The third-order valence-corrected chi connectivity index (χ3v) is 6.41. The Bertz CT molecular complexity index is 1080. The molecule has 3 aromatic rings. The number of aryl methyl sites for hydroxylation is 2. The van der Waals surface area contributed by atoms with Crippen molar-refractivity contribution in [2.75, 3.05) is 0 Å². The number of nitrogens with one attached hydrogen (secondary N) is 3. The summed E-state index contributed by atoms with van der Waals surface area (Å²) in [6.45, 7) is 5.58. The molecule has 3 aromatic heterocycles. The van der Waals surface area contributed by atoms with Crippen LogP contribution in [0, 0.1) is 13.8 Å². The zero-order chi connectivity index (χ0) is 20.3. The normalized spacial score (nSPS) is 12.0. The standard InChI is InChI=1S/C18H19N5O3S2/c1-9-10(2)28-18-14(9)17(26)20-13(21-18)8-27-11(3)15(24)22-23-16(25)12-5-4-6-19-7-12/h4-7,11H,8H2,1-3H3,(H,22,24)(H,23,25)(H,20,21,26). The highest BCUT2D eigenvalue weighted by Crippen LogP contribution is 2.26. The third-order valence-electron chi connectivity index (χ3n) is 4.15. The fourth-order valence-electron chi connectivity index (χ4n) is 2.44. The van der Waals surface area contributed by atoms with Crippen molar-refractivity contribution in [3.05, 3.63) is 56.7 Å². The number of nitrogens with zero attached hydrogens (tertiary/aromatic N) is 2. The van der Waals surface area contributed by atoms with E-state index >= 15 is 0 Å². The fourth-order valence-corrected chi connectivity index (χ4v) is 4.24. The molecule has 1 atom stereocenters. The molecule has 10 heteroatoms. The highest BCUT2D eigenvalue weighted by Gasteiger charge is 2.17. The Balaban J connectivity index is 1.57. The quantitative estimate of drug-likeness (QED) is 0.547. The smallest absolute Gasteiger partial charge is 0.271 e. The van der Waals surface area contributed by atoms with Crippen LogP contribution >= 0.6 is 23.1 Å². The van der Waals surface area contributed by atoms with E-state index in [4.69, 9.17) is 0 Å². The summed E-state index contributed by atoms with van der Waals surface area (Å²) in [7, 11) is 0. The monoisotopic (exact) mass is 417 g/mol. The first-order valence-electron chi connectivity index (χ1n) is 8.47. The number of hydrogen-bond acceptors (Lipinski definition) is 7. The van der Waals surface area contributed by atoms with Crippen molar-refractivity contribution in [3.8, 4) is 0 Å². The van der Waals surface area contributed by atoms with Gasteiger partial charge in [-0.25, -0.2) is 4.98 Å². The van der Waals surface area contributed by atoms with Gasteiger partial charge in [-0.1, -0.05) is 0 Å². The maximum Gasteiger partial charge on any atom is 0.271 e. The molecule has 0 radical (unpaired) electrons. The van der Waals surface area contributed by atoms with Gasteiger partial charge in [0, 0.05) is 17.3 Å². The number of aromatic amines is 1. The van der Waals surface area contributed by atoms with Gasteiger partial charge in [0.1, 0.15) is 10.7 Å². The number of rotatable bonds is 5. The van der Waals surface area contributed by atoms with Gasteiger partial charge in [0.25, 0.3) is 17.4 Å². The minimum atomic E-state index is -0.456. The molecular formula is C18H19N5O3S2. The maximum absolute atomic E-state index is 12.3. The molecule has 3 rings (SSSR count). The summed E-state index contributed by atoms with van der Waals surface area (Å²) < 4.78 is 0. The minimum Gasteiger partial charge on any atom is -0.309 e. The lowest BCUT2D eigenvalue weighted by Gasteiger charge is -2.12. The van der Waals surface area contributed by atoms with Crippen molar-refractivity contribution in [1.82, 2.24) is 25.8 Å². The van der Waals surface area contributed by atoms with Crippen LogP contribution in [0.2, 0.25) is 0 Å². The third kappa shape index (κ3) is 4.39. The van der Waals surface area contributed by atoms with E-state index in [1.165, 1.54) is 29.3 Å². The van der Waals surface area contributed by atoms with Crippen molar-refractivity contribution >= 4 is 45.1 Å². The van der Waals surface area contributed by atoms with Gasteiger partial charge in [0.2, 0.25) is 0 Å². The molecule has 0 fully saturated rings. The molecule has 3 N–H and O–H groups in total. The van der Waals surface area contributed by atoms with Crippen LogP contribution in [0.5, 0.6) is 0 Å². The SMILES string of the molecule is Cc1sc2nc(CSC(C)C(=O)NNC(=O)c3cccnc3)[nH]c(=O)c2c1C. The van der Waals surface area contributed by atoms with E-state index in [9.17, 15) is 14.4 Å². The highest BCUT2D eigenvalue weighted by atomic mass is 32.2. The molecule has 3 heterocycles. The predicted molar refractivity (Wildman–Crippen MR) is 110 cm³/mol. The molecular weight excluding hydrogens is 398 g/mol. The van der Waals surface area contributed by atoms with Crippen LogP contribution in [0.3, 0.4) is 0 Å². The number of H-pyrrole nitrogens is 1. The second kappa shape index (κ2) is 8.53. The number of thiophene rings is 1. The molecule has 0 aliphatic carbocycles. The number of amides is 2. The number of carbonyl (C=O) groups is 2. The Hall–Kier alpha value is -2.72. The Morgan fingerprint density at radius 3 is 2.82 bits per heavy atom. The zero-order valence-electron chi connectivity index (χ0n) is 15.5. The Kier molecular flexibility index (Phi) is 6.10. The van der Waals surface area contributed by atoms with Crippen molar-refractivity contribution in [2.45, 2.75) is 31.8 Å². The average molecular weight is 418 g/mol. The summed E-state index contributed by atoms with van der Waals surface area (Å²) in [6, 6.07) is 3.23. The van der Waals surface area contributed by atoms with E-state index < -0.39 is 11.2 Å². The highest BCUT2D eigenvalue weighted by molar-refractivity contribution is 7.99. The van der Waals surface area contributed by atoms with Crippen molar-refractivity contribution in [2.24, 2.45) is 0 Å². The Labute approximate surface area is 169 Å². The molecule has 0 aliphatic rings. The molecule has 0 saturated carbocycles. The average Bonchev–Trinajstić information content (AvgIpc) is 2.98. The summed E-state index contributed by atoms with van der Waals surface area (Å²) in [5.41, 5.74) is 5.88. The topological polar surface area (TPSA) is 117 Å². The van der Waals surface area contributed by atoms with Gasteiger partial charge in [-0.05, 0) is 38.5 Å². The fraction of sp³-hybridized carbons (Fsp3) is 0.278. The van der Waals surface area contributed by atoms with Crippen LogP contribution in [0.15, 0.2) is 29.3 Å². The number of aromatic nitrogens is 3. The molecule has 0 bridgehead atoms. The molecule has 1 unspecified atom stereocenters. The van der Waals surface area contributed by atoms with Crippen LogP contribution in [0.25, 0.3) is 10.2 Å². The minimum absolute atomic E-state index is 0.164. The summed E-state index contributed by atoms with van der Waals surface area (Å²) in [6.07, 6.45) is 2.97. The number of thioether (sulfide) groups is 1. The number of hydrogen-bond donors (Lipinski definition) is 3. The van der Waals surface area contributed by atoms with E-state index in [1.54, 1.807) is 25.3 Å². The Morgan fingerprint density at radius 2 is 2.11 bits per heavy atom. The number of carbonyl (C=O) groups excluding carboxylic acids is 2. The largest absolute Gasteiger partial charge is 0.309 e. The molecule has 0 saturated heterocycles. The number of fused-ring (bicyclic) bond motifs is 1. The van der Waals surface area contributed by atoms with E-state index in [2.05, 4.69) is 25.8 Å². The lowest BCUT2D eigenvalue weighted by atomic mass is 10.2. The van der Waals surface area contributed by atoms with E-state index in [0.717, 1.165) is 10.4 Å². The molecule has 2 amide bonds. The van der Waals surface area contributed by atoms with Crippen LogP contribution in [0.1, 0.15) is 33.5 Å². The summed E-state index contributed by atoms with van der Waals surface area (Å²) >= 11 is 2.79. The predicted octanol–water partition coefficient (Wildman–Crippen LogP) is 2.08. The summed E-state index contributed by atoms with van der Waals surface area (Å²) in [5, 5.41) is 0.169. The molecule has 0 spiro atoms. The molecule has 28 heavy (non-hydrogen) atoms. The van der Waals surface area contributed by atoms with Gasteiger partial charge in [0.05, 0.1) is 22.0 Å². The number of hydrazine groups is 1. The first-order chi connectivity index (χ1) is 13.4. The number of pyridine rings is 1. The first kappa shape index (κ1) is 20.0. The first-order valence-corrected chi connectivity index (χ1v) is 10.3. The zero-order valence-corrected chi connectivity index (χ0v) is 17.2. The van der Waals surface area contributed by atoms with Crippen molar-refractivity contribution in [1.29, 1.82) is 0 Å². The van der Waals surface area contributed by atoms with Gasteiger partial charge in [-0.15, -0.1) is 23.1 Å². The summed E-state index contributed by atoms with van der Waals surface area (Å²) in [5.74, 6) is 0.0848. The van der Waals surface area contributed by atoms with Gasteiger partial charge < -0.3 is 4.98 Å². The van der Waals surface area contributed by atoms with Crippen molar-refractivity contribution in [3.63, 3.8) is 0 Å².